The van der Waals surface area contributed by atoms with Gasteiger partial charge in [0.2, 0.25) is 5.89 Å². The van der Waals surface area contributed by atoms with Gasteiger partial charge in [-0.25, -0.2) is 4.98 Å². The molecule has 102 valence electrons. The van der Waals surface area contributed by atoms with Crippen LogP contribution in [0.2, 0.25) is 5.02 Å². The molecule has 0 atom stereocenters. The van der Waals surface area contributed by atoms with Crippen LogP contribution in [-0.2, 0) is 11.3 Å². The molecule has 19 heavy (non-hydrogen) atoms. The van der Waals surface area contributed by atoms with Crippen LogP contribution in [0.25, 0.3) is 11.5 Å². The van der Waals surface area contributed by atoms with Crippen LogP contribution < -0.4 is 5.32 Å². The van der Waals surface area contributed by atoms with Crippen molar-refractivity contribution in [2.24, 2.45) is 0 Å². The molecule has 6 heteroatoms. The van der Waals surface area contributed by atoms with Crippen LogP contribution in [0.15, 0.2) is 33.4 Å². The van der Waals surface area contributed by atoms with Gasteiger partial charge in [-0.1, -0.05) is 27.5 Å². The third-order valence-corrected chi connectivity index (χ3v) is 3.32. The van der Waals surface area contributed by atoms with Gasteiger partial charge in [0.25, 0.3) is 0 Å². The molecule has 0 aliphatic heterocycles. The molecule has 0 aliphatic rings. The van der Waals surface area contributed by atoms with Crippen molar-refractivity contribution < 1.29 is 9.15 Å². The fourth-order valence-electron chi connectivity index (χ4n) is 1.56. The molecule has 0 aliphatic carbocycles. The number of methoxy groups -OCH3 is 1. The predicted molar refractivity (Wildman–Crippen MR) is 78.2 cm³/mol. The number of hydrogen-bond donors (Lipinski definition) is 1. The Morgan fingerprint density at radius 1 is 1.47 bits per heavy atom. The maximum atomic E-state index is 6.13. The monoisotopic (exact) mass is 344 g/mol. The molecule has 1 heterocycles. The summed E-state index contributed by atoms with van der Waals surface area (Å²) in [6, 6.07) is 5.57. The third-order valence-electron chi connectivity index (χ3n) is 2.50. The number of hydrogen-bond acceptors (Lipinski definition) is 4. The Bertz CT molecular complexity index is 545. The van der Waals surface area contributed by atoms with Gasteiger partial charge < -0.3 is 14.5 Å². The van der Waals surface area contributed by atoms with E-state index in [1.165, 1.54) is 0 Å². The largest absolute Gasteiger partial charge is 0.444 e. The summed E-state index contributed by atoms with van der Waals surface area (Å²) in [5.41, 5.74) is 1.61. The summed E-state index contributed by atoms with van der Waals surface area (Å²) in [7, 11) is 1.67. The quantitative estimate of drug-likeness (QED) is 0.814. The van der Waals surface area contributed by atoms with Gasteiger partial charge in [-0.2, -0.15) is 0 Å². The standard InChI is InChI=1S/C13H14BrClN2O2/c1-18-5-4-16-7-10-8-19-13(17-10)11-6-9(14)2-3-12(11)15/h2-3,6,8,16H,4-5,7H2,1H3. The Morgan fingerprint density at radius 3 is 3.11 bits per heavy atom. The minimum absolute atomic E-state index is 0.523. The number of rotatable bonds is 6. The SMILES string of the molecule is COCCNCc1coc(-c2cc(Br)ccc2Cl)n1. The minimum Gasteiger partial charge on any atom is -0.444 e. The van der Waals surface area contributed by atoms with E-state index in [0.717, 1.165) is 22.3 Å². The van der Waals surface area contributed by atoms with Crippen LogP contribution in [0.1, 0.15) is 5.69 Å². The predicted octanol–water partition coefficient (Wildman–Crippen LogP) is 3.49. The highest BCUT2D eigenvalue weighted by Crippen LogP contribution is 2.30. The van der Waals surface area contributed by atoms with Crippen LogP contribution >= 0.6 is 27.5 Å². The average molecular weight is 346 g/mol. The van der Waals surface area contributed by atoms with Crippen molar-refractivity contribution in [2.45, 2.75) is 6.54 Å². The Morgan fingerprint density at radius 2 is 2.32 bits per heavy atom. The molecule has 0 spiro atoms. The van der Waals surface area contributed by atoms with Crippen molar-refractivity contribution in [2.75, 3.05) is 20.3 Å². The lowest BCUT2D eigenvalue weighted by molar-refractivity contribution is 0.199. The highest BCUT2D eigenvalue weighted by atomic mass is 79.9. The molecule has 0 saturated carbocycles. The summed E-state index contributed by atoms with van der Waals surface area (Å²) in [5.74, 6) is 0.523. The molecule has 2 aromatic rings. The molecule has 4 nitrogen and oxygen atoms in total. The maximum Gasteiger partial charge on any atom is 0.227 e. The van der Waals surface area contributed by atoms with E-state index in [1.54, 1.807) is 13.4 Å². The topological polar surface area (TPSA) is 47.3 Å². The number of aromatic nitrogens is 1. The van der Waals surface area contributed by atoms with E-state index in [2.05, 4.69) is 26.2 Å². The van der Waals surface area contributed by atoms with E-state index >= 15 is 0 Å². The van der Waals surface area contributed by atoms with E-state index in [1.807, 2.05) is 18.2 Å². The second-order valence-electron chi connectivity index (χ2n) is 3.94. The molecule has 1 N–H and O–H groups in total. The van der Waals surface area contributed by atoms with Gasteiger partial charge in [-0.3, -0.25) is 0 Å². The zero-order valence-corrected chi connectivity index (χ0v) is 12.8. The summed E-state index contributed by atoms with van der Waals surface area (Å²) in [5, 5.41) is 3.82. The Labute approximate surface area is 125 Å². The Hall–Kier alpha value is -0.880. The van der Waals surface area contributed by atoms with Gasteiger partial charge in [0, 0.05) is 24.7 Å². The van der Waals surface area contributed by atoms with Crippen LogP contribution in [-0.4, -0.2) is 25.2 Å². The zero-order valence-electron chi connectivity index (χ0n) is 10.5. The average Bonchev–Trinajstić information content (AvgIpc) is 2.86. The molecule has 2 rings (SSSR count). The first-order valence-electron chi connectivity index (χ1n) is 5.80. The van der Waals surface area contributed by atoms with Crippen molar-refractivity contribution in [3.8, 4) is 11.5 Å². The number of benzene rings is 1. The van der Waals surface area contributed by atoms with Crippen molar-refractivity contribution >= 4 is 27.5 Å². The summed E-state index contributed by atoms with van der Waals surface area (Å²) in [4.78, 5) is 4.40. The van der Waals surface area contributed by atoms with Crippen molar-refractivity contribution in [3.05, 3.63) is 39.7 Å². The van der Waals surface area contributed by atoms with Gasteiger partial charge in [-0.05, 0) is 18.2 Å². The minimum atomic E-state index is 0.523. The molecule has 0 bridgehead atoms. The van der Waals surface area contributed by atoms with E-state index in [-0.39, 0.29) is 0 Å². The van der Waals surface area contributed by atoms with Crippen molar-refractivity contribution in [1.29, 1.82) is 0 Å². The highest BCUT2D eigenvalue weighted by Gasteiger charge is 2.10. The molecule has 1 aromatic heterocycles. The summed E-state index contributed by atoms with van der Waals surface area (Å²) in [6.07, 6.45) is 1.63. The molecule has 0 saturated heterocycles. The molecule has 0 unspecified atom stereocenters. The number of halogens is 2. The summed E-state index contributed by atoms with van der Waals surface area (Å²) in [6.45, 7) is 2.08. The lowest BCUT2D eigenvalue weighted by Gasteiger charge is -2.01. The normalized spacial score (nSPS) is 10.9. The number of nitrogens with zero attached hydrogens (tertiary/aromatic N) is 1. The van der Waals surface area contributed by atoms with Gasteiger partial charge in [0.15, 0.2) is 0 Å². The van der Waals surface area contributed by atoms with Crippen LogP contribution in [0.5, 0.6) is 0 Å². The van der Waals surface area contributed by atoms with Crippen molar-refractivity contribution in [3.63, 3.8) is 0 Å². The highest BCUT2D eigenvalue weighted by molar-refractivity contribution is 9.10. The second-order valence-corrected chi connectivity index (χ2v) is 5.26. The van der Waals surface area contributed by atoms with Gasteiger partial charge in [0.05, 0.1) is 22.9 Å². The fraction of sp³-hybridized carbons (Fsp3) is 0.308. The van der Waals surface area contributed by atoms with Gasteiger partial charge >= 0.3 is 0 Å². The molecular formula is C13H14BrClN2O2. The number of ether oxygens (including phenoxy) is 1. The smallest absolute Gasteiger partial charge is 0.227 e. The first-order chi connectivity index (χ1) is 9.20. The second kappa shape index (κ2) is 7.05. The summed E-state index contributed by atoms with van der Waals surface area (Å²) >= 11 is 9.54. The molecule has 0 fully saturated rings. The molecular weight excluding hydrogens is 332 g/mol. The van der Waals surface area contributed by atoms with Crippen LogP contribution in [0, 0.1) is 0 Å². The third kappa shape index (κ3) is 4.04. The Kier molecular flexibility index (Phi) is 5.39. The van der Waals surface area contributed by atoms with Gasteiger partial charge in [0.1, 0.15) is 6.26 Å². The van der Waals surface area contributed by atoms with E-state index < -0.39 is 0 Å². The first kappa shape index (κ1) is 14.5. The first-order valence-corrected chi connectivity index (χ1v) is 6.97. The molecule has 1 aromatic carbocycles. The number of nitrogens with one attached hydrogen (secondary N) is 1. The fourth-order valence-corrected chi connectivity index (χ4v) is 2.12. The zero-order chi connectivity index (χ0) is 13.7. The van der Waals surface area contributed by atoms with E-state index in [0.29, 0.717) is 24.1 Å². The van der Waals surface area contributed by atoms with E-state index in [4.69, 9.17) is 20.8 Å². The van der Waals surface area contributed by atoms with Crippen LogP contribution in [0.3, 0.4) is 0 Å². The van der Waals surface area contributed by atoms with Crippen molar-refractivity contribution in [1.82, 2.24) is 10.3 Å². The number of oxazole rings is 1. The Balaban J connectivity index is 2.06. The lowest BCUT2D eigenvalue weighted by atomic mass is 10.2. The van der Waals surface area contributed by atoms with Crippen LogP contribution in [0.4, 0.5) is 0 Å². The maximum absolute atomic E-state index is 6.13. The van der Waals surface area contributed by atoms with E-state index in [9.17, 15) is 0 Å². The molecule has 0 amide bonds. The lowest BCUT2D eigenvalue weighted by Crippen LogP contribution is -2.18. The summed E-state index contributed by atoms with van der Waals surface area (Å²) < 4.78 is 11.3. The van der Waals surface area contributed by atoms with Gasteiger partial charge in [-0.15, -0.1) is 0 Å². The molecule has 0 radical (unpaired) electrons.